The monoisotopic (exact) mass is 566 g/mol. The van der Waals surface area contributed by atoms with E-state index in [0.29, 0.717) is 22.8 Å². The van der Waals surface area contributed by atoms with Gasteiger partial charge in [-0.1, -0.05) is 55.2 Å². The molecular weight excluding hydrogens is 530 g/mol. The number of hydrogen-bond acceptors (Lipinski definition) is 5. The van der Waals surface area contributed by atoms with Crippen LogP contribution in [0.5, 0.6) is 0 Å². The molecule has 2 heterocycles. The van der Waals surface area contributed by atoms with Crippen LogP contribution < -0.4 is 16.0 Å². The highest BCUT2D eigenvalue weighted by Gasteiger charge is 2.51. The van der Waals surface area contributed by atoms with Gasteiger partial charge in [0.25, 0.3) is 0 Å². The largest absolute Gasteiger partial charge is 0.379 e. The Morgan fingerprint density at radius 3 is 2.55 bits per heavy atom. The summed E-state index contributed by atoms with van der Waals surface area (Å²) in [4.78, 5) is 25.5. The Morgan fingerprint density at radius 2 is 1.89 bits per heavy atom. The summed E-state index contributed by atoms with van der Waals surface area (Å²) in [5, 5.41) is 9.72. The van der Waals surface area contributed by atoms with Gasteiger partial charge in [-0.2, -0.15) is 0 Å². The summed E-state index contributed by atoms with van der Waals surface area (Å²) in [7, 11) is 0. The number of rotatable bonds is 9. The first-order valence-electron chi connectivity index (χ1n) is 13.1. The lowest BCUT2D eigenvalue weighted by molar-refractivity contribution is -0.122. The summed E-state index contributed by atoms with van der Waals surface area (Å²) < 4.78 is 19.9. The summed E-state index contributed by atoms with van der Waals surface area (Å²) in [6, 6.07) is 12.0. The van der Waals surface area contributed by atoms with E-state index in [1.54, 1.807) is 36.4 Å². The molecule has 2 fully saturated rings. The fraction of sp³-hybridized carbons (Fsp3) is 0.500. The summed E-state index contributed by atoms with van der Waals surface area (Å²) in [5.74, 6) is -1.33. The fourth-order valence-corrected chi connectivity index (χ4v) is 5.66. The first-order valence-corrected chi connectivity index (χ1v) is 13.8. The van der Waals surface area contributed by atoms with Crippen LogP contribution in [0.25, 0.3) is 0 Å². The van der Waals surface area contributed by atoms with Crippen molar-refractivity contribution in [1.82, 2.24) is 15.5 Å². The molecule has 2 aromatic rings. The van der Waals surface area contributed by atoms with Crippen molar-refractivity contribution in [2.75, 3.05) is 51.3 Å². The molecule has 0 radical (unpaired) electrons. The number of hydrogen-bond donors (Lipinski definition) is 3. The smallest absolute Gasteiger partial charge is 0.230 e. The summed E-state index contributed by atoms with van der Waals surface area (Å²) in [6.07, 6.45) is 2.26. The molecule has 2 aliphatic rings. The predicted molar refractivity (Wildman–Crippen MR) is 150 cm³/mol. The lowest BCUT2D eigenvalue weighted by atomic mass is 9.73. The number of benzene rings is 2. The van der Waals surface area contributed by atoms with E-state index in [0.717, 1.165) is 58.6 Å². The standard InChI is InChI=1S/C21H23Cl2FN2O.C7H14N2O2/c1-3-21(4-2)18(20(27)26-14-8-5-7-13(22)11-14)16(12-25-21)15-9-6-10-17(23)19(15)24;10-7-8-1-2-9-3-5-11-6-4-9/h5-11,16,18,25H,3-4,12H2,1-2H3,(H,26,27);7H,1-6H2,(H,8,10). The maximum absolute atomic E-state index is 14.7. The van der Waals surface area contributed by atoms with Crippen molar-refractivity contribution >= 4 is 41.2 Å². The van der Waals surface area contributed by atoms with Gasteiger partial charge in [0.15, 0.2) is 0 Å². The molecule has 0 aliphatic carbocycles. The number of ether oxygens (including phenoxy) is 1. The van der Waals surface area contributed by atoms with E-state index in [1.165, 1.54) is 6.07 Å². The van der Waals surface area contributed by atoms with E-state index in [9.17, 15) is 14.0 Å². The van der Waals surface area contributed by atoms with Crippen molar-refractivity contribution in [2.24, 2.45) is 5.92 Å². The van der Waals surface area contributed by atoms with Gasteiger partial charge in [-0.05, 0) is 42.7 Å². The van der Waals surface area contributed by atoms with E-state index < -0.39 is 17.3 Å². The minimum atomic E-state index is -0.450. The molecule has 2 aromatic carbocycles. The molecule has 2 aliphatic heterocycles. The highest BCUT2D eigenvalue weighted by molar-refractivity contribution is 6.31. The van der Waals surface area contributed by atoms with Gasteiger partial charge in [0.1, 0.15) is 5.82 Å². The third-order valence-electron chi connectivity index (χ3n) is 7.45. The first kappa shape index (κ1) is 30.3. The Hall–Kier alpha value is -2.23. The average molecular weight is 568 g/mol. The van der Waals surface area contributed by atoms with Gasteiger partial charge >= 0.3 is 0 Å². The fourth-order valence-electron chi connectivity index (χ4n) is 5.29. The minimum Gasteiger partial charge on any atom is -0.379 e. The molecule has 38 heavy (non-hydrogen) atoms. The van der Waals surface area contributed by atoms with Crippen molar-refractivity contribution in [3.05, 3.63) is 63.9 Å². The van der Waals surface area contributed by atoms with E-state index in [2.05, 4.69) is 20.9 Å². The van der Waals surface area contributed by atoms with Crippen molar-refractivity contribution < 1.29 is 18.7 Å². The van der Waals surface area contributed by atoms with Gasteiger partial charge in [0.05, 0.1) is 24.2 Å². The van der Waals surface area contributed by atoms with E-state index in [1.807, 2.05) is 13.8 Å². The molecule has 0 bridgehead atoms. The molecule has 2 saturated heterocycles. The maximum Gasteiger partial charge on any atom is 0.230 e. The summed E-state index contributed by atoms with van der Waals surface area (Å²) in [6.45, 7) is 9.90. The Bertz CT molecular complexity index is 1060. The molecule has 0 spiro atoms. The van der Waals surface area contributed by atoms with Crippen LogP contribution in [0.4, 0.5) is 10.1 Å². The summed E-state index contributed by atoms with van der Waals surface area (Å²) in [5.41, 5.74) is 0.707. The normalized spacial score (nSPS) is 20.8. The molecular formula is C28H37Cl2FN4O3. The average Bonchev–Trinajstić information content (AvgIpc) is 3.31. The minimum absolute atomic E-state index is 0.0759. The molecule has 4 rings (SSSR count). The van der Waals surface area contributed by atoms with Crippen molar-refractivity contribution in [3.63, 3.8) is 0 Å². The van der Waals surface area contributed by atoms with E-state index in [4.69, 9.17) is 27.9 Å². The third kappa shape index (κ3) is 7.67. The molecule has 2 atom stereocenters. The molecule has 10 heteroatoms. The number of carbonyl (C=O) groups is 2. The quantitative estimate of drug-likeness (QED) is 0.303. The third-order valence-corrected chi connectivity index (χ3v) is 7.98. The van der Waals surface area contributed by atoms with Crippen LogP contribution in [0.15, 0.2) is 42.5 Å². The van der Waals surface area contributed by atoms with Crippen LogP contribution in [-0.4, -0.2) is 68.7 Å². The number of anilines is 1. The van der Waals surface area contributed by atoms with Gasteiger partial charge in [-0.3, -0.25) is 14.5 Å². The number of amides is 2. The maximum atomic E-state index is 14.7. The van der Waals surface area contributed by atoms with Crippen LogP contribution in [0.2, 0.25) is 10.0 Å². The molecule has 2 amide bonds. The Morgan fingerprint density at radius 1 is 1.18 bits per heavy atom. The number of nitrogens with zero attached hydrogens (tertiary/aromatic N) is 1. The number of carbonyl (C=O) groups excluding carboxylic acids is 2. The Labute approximate surface area is 234 Å². The molecule has 208 valence electrons. The second-order valence-electron chi connectivity index (χ2n) is 9.50. The second-order valence-corrected chi connectivity index (χ2v) is 10.3. The molecule has 3 N–H and O–H groups in total. The predicted octanol–water partition coefficient (Wildman–Crippen LogP) is 4.70. The summed E-state index contributed by atoms with van der Waals surface area (Å²) >= 11 is 12.0. The van der Waals surface area contributed by atoms with E-state index >= 15 is 0 Å². The van der Waals surface area contributed by atoms with Gasteiger partial charge in [-0.25, -0.2) is 4.39 Å². The zero-order valence-corrected chi connectivity index (χ0v) is 23.5. The Balaban J connectivity index is 0.000000304. The topological polar surface area (TPSA) is 82.7 Å². The number of halogens is 3. The molecule has 7 nitrogen and oxygen atoms in total. The lowest BCUT2D eigenvalue weighted by Gasteiger charge is -2.35. The van der Waals surface area contributed by atoms with Crippen LogP contribution in [0.1, 0.15) is 38.2 Å². The van der Waals surface area contributed by atoms with Crippen molar-refractivity contribution in [3.8, 4) is 0 Å². The Kier molecular flexibility index (Phi) is 11.8. The second kappa shape index (κ2) is 14.8. The van der Waals surface area contributed by atoms with Gasteiger partial charge in [0.2, 0.25) is 12.3 Å². The van der Waals surface area contributed by atoms with Crippen molar-refractivity contribution in [2.45, 2.75) is 38.1 Å². The highest BCUT2D eigenvalue weighted by Crippen LogP contribution is 2.44. The van der Waals surface area contributed by atoms with Crippen molar-refractivity contribution in [1.29, 1.82) is 0 Å². The lowest BCUT2D eigenvalue weighted by Crippen LogP contribution is -2.48. The van der Waals surface area contributed by atoms with Gasteiger partial charge < -0.3 is 20.7 Å². The van der Waals surface area contributed by atoms with Gasteiger partial charge in [0, 0.05) is 54.9 Å². The molecule has 2 unspecified atom stereocenters. The zero-order chi connectivity index (χ0) is 27.5. The molecule has 0 saturated carbocycles. The van der Waals surface area contributed by atoms with E-state index in [-0.39, 0.29) is 16.8 Å². The van der Waals surface area contributed by atoms with Crippen LogP contribution in [-0.2, 0) is 14.3 Å². The van der Waals surface area contributed by atoms with Crippen LogP contribution in [0, 0.1) is 11.7 Å². The number of nitrogens with one attached hydrogen (secondary N) is 3. The SMILES string of the molecule is CCC1(CC)NCC(c2cccc(Cl)c2F)C1C(=O)Nc1cccc(Cl)c1.O=CNCCN1CCOCC1. The van der Waals surface area contributed by atoms with Crippen LogP contribution in [0.3, 0.4) is 0 Å². The van der Waals surface area contributed by atoms with Crippen LogP contribution >= 0.6 is 23.2 Å². The zero-order valence-electron chi connectivity index (χ0n) is 21.9. The number of morpholine rings is 1. The van der Waals surface area contributed by atoms with Gasteiger partial charge in [-0.15, -0.1) is 0 Å². The first-order chi connectivity index (χ1) is 18.3. The highest BCUT2D eigenvalue weighted by atomic mass is 35.5. The molecule has 0 aromatic heterocycles.